The largest absolute Gasteiger partial charge is 0.395 e. The standard InChI is InChI=1S/C9H19N3O/c1-3-11(7-5-6-10)12(4-2)8-9-13/h13H,3-5,7-9H2,1-2H3. The van der Waals surface area contributed by atoms with E-state index in [-0.39, 0.29) is 6.61 Å². The van der Waals surface area contributed by atoms with Gasteiger partial charge in [0.1, 0.15) is 0 Å². The van der Waals surface area contributed by atoms with Crippen molar-refractivity contribution >= 4 is 0 Å². The maximum absolute atomic E-state index is 8.80. The number of hydrogen-bond acceptors (Lipinski definition) is 4. The number of nitrogens with zero attached hydrogens (tertiary/aromatic N) is 3. The maximum atomic E-state index is 8.80. The van der Waals surface area contributed by atoms with Crippen molar-refractivity contribution in [3.63, 3.8) is 0 Å². The van der Waals surface area contributed by atoms with Crippen LogP contribution in [0.25, 0.3) is 0 Å². The second kappa shape index (κ2) is 7.99. The van der Waals surface area contributed by atoms with E-state index >= 15 is 0 Å². The van der Waals surface area contributed by atoms with Crippen LogP contribution in [0.15, 0.2) is 0 Å². The SMILES string of the molecule is CCN(CCO)N(CC)CCC#N. The third kappa shape index (κ3) is 4.83. The van der Waals surface area contributed by atoms with Gasteiger partial charge in [0, 0.05) is 32.6 Å². The first-order valence-corrected chi connectivity index (χ1v) is 4.77. The molecule has 1 N–H and O–H groups in total. The first-order valence-electron chi connectivity index (χ1n) is 4.77. The number of aliphatic hydroxyl groups excluding tert-OH is 1. The molecule has 0 aromatic heterocycles. The fraction of sp³-hybridized carbons (Fsp3) is 0.889. The number of nitriles is 1. The second-order valence-electron chi connectivity index (χ2n) is 2.72. The molecule has 0 atom stereocenters. The van der Waals surface area contributed by atoms with Crippen LogP contribution >= 0.6 is 0 Å². The first-order chi connectivity index (χ1) is 6.29. The Kier molecular flexibility index (Phi) is 7.60. The van der Waals surface area contributed by atoms with Gasteiger partial charge < -0.3 is 5.11 Å². The lowest BCUT2D eigenvalue weighted by Crippen LogP contribution is -2.44. The molecular formula is C9H19N3O. The lowest BCUT2D eigenvalue weighted by molar-refractivity contribution is -0.0254. The Hall–Kier alpha value is -0.630. The Morgan fingerprint density at radius 3 is 2.08 bits per heavy atom. The molecule has 13 heavy (non-hydrogen) atoms. The van der Waals surface area contributed by atoms with E-state index in [1.54, 1.807) is 0 Å². The lowest BCUT2D eigenvalue weighted by Gasteiger charge is -2.32. The zero-order chi connectivity index (χ0) is 10.1. The van der Waals surface area contributed by atoms with Gasteiger partial charge in [-0.05, 0) is 0 Å². The molecule has 0 bridgehead atoms. The number of hydrazine groups is 1. The molecule has 0 saturated heterocycles. The fourth-order valence-electron chi connectivity index (χ4n) is 1.29. The minimum absolute atomic E-state index is 0.164. The van der Waals surface area contributed by atoms with E-state index in [0.29, 0.717) is 13.0 Å². The van der Waals surface area contributed by atoms with Crippen LogP contribution in [0.3, 0.4) is 0 Å². The van der Waals surface area contributed by atoms with E-state index in [2.05, 4.69) is 23.0 Å². The van der Waals surface area contributed by atoms with E-state index < -0.39 is 0 Å². The van der Waals surface area contributed by atoms with Crippen LogP contribution in [0.2, 0.25) is 0 Å². The van der Waals surface area contributed by atoms with Crippen molar-refractivity contribution in [2.24, 2.45) is 0 Å². The predicted octanol–water partition coefficient (Wildman–Crippen LogP) is 0.451. The highest BCUT2D eigenvalue weighted by Crippen LogP contribution is 1.98. The minimum Gasteiger partial charge on any atom is -0.395 e. The van der Waals surface area contributed by atoms with Crippen molar-refractivity contribution in [1.82, 2.24) is 10.0 Å². The molecule has 76 valence electrons. The highest BCUT2D eigenvalue weighted by Gasteiger charge is 2.09. The minimum atomic E-state index is 0.164. The van der Waals surface area contributed by atoms with Gasteiger partial charge in [-0.25, -0.2) is 10.0 Å². The number of likely N-dealkylation sites (N-methyl/N-ethyl adjacent to an activating group) is 1. The summed E-state index contributed by atoms with van der Waals surface area (Å²) in [6.45, 7) is 7.42. The van der Waals surface area contributed by atoms with Gasteiger partial charge >= 0.3 is 0 Å². The molecule has 0 fully saturated rings. The Bertz CT molecular complexity index is 155. The van der Waals surface area contributed by atoms with Gasteiger partial charge in [0.15, 0.2) is 0 Å². The summed E-state index contributed by atoms with van der Waals surface area (Å²) in [5.41, 5.74) is 0. The van der Waals surface area contributed by atoms with Gasteiger partial charge in [0.2, 0.25) is 0 Å². The van der Waals surface area contributed by atoms with Gasteiger partial charge in [-0.1, -0.05) is 13.8 Å². The van der Waals surface area contributed by atoms with Gasteiger partial charge in [-0.15, -0.1) is 0 Å². The molecule has 0 heterocycles. The van der Waals surface area contributed by atoms with Crippen LogP contribution in [0, 0.1) is 11.3 Å². The average Bonchev–Trinajstić information content (AvgIpc) is 2.17. The molecule has 0 radical (unpaired) electrons. The summed E-state index contributed by atoms with van der Waals surface area (Å²) in [4.78, 5) is 0. The smallest absolute Gasteiger partial charge is 0.0635 e. The normalized spacial score (nSPS) is 10.8. The Balaban J connectivity index is 3.93. The van der Waals surface area contributed by atoms with Crippen LogP contribution in [0.1, 0.15) is 20.3 Å². The second-order valence-corrected chi connectivity index (χ2v) is 2.72. The molecular weight excluding hydrogens is 166 g/mol. The van der Waals surface area contributed by atoms with Crippen molar-refractivity contribution in [2.45, 2.75) is 20.3 Å². The highest BCUT2D eigenvalue weighted by atomic mass is 16.3. The molecule has 0 spiro atoms. The third-order valence-corrected chi connectivity index (χ3v) is 1.97. The zero-order valence-corrected chi connectivity index (χ0v) is 8.53. The van der Waals surface area contributed by atoms with Gasteiger partial charge in [0.05, 0.1) is 12.7 Å². The van der Waals surface area contributed by atoms with E-state index in [1.165, 1.54) is 0 Å². The summed E-state index contributed by atoms with van der Waals surface area (Å²) in [7, 11) is 0. The van der Waals surface area contributed by atoms with Gasteiger partial charge in [-0.2, -0.15) is 5.26 Å². The van der Waals surface area contributed by atoms with Gasteiger partial charge in [-0.3, -0.25) is 0 Å². The molecule has 0 saturated carbocycles. The quantitative estimate of drug-likeness (QED) is 0.585. The first kappa shape index (κ1) is 12.4. The highest BCUT2D eigenvalue weighted by molar-refractivity contribution is 4.71. The summed E-state index contributed by atoms with van der Waals surface area (Å²) in [6, 6.07) is 2.12. The molecule has 0 aliphatic heterocycles. The van der Waals surface area contributed by atoms with Crippen molar-refractivity contribution in [3.05, 3.63) is 0 Å². The lowest BCUT2D eigenvalue weighted by atomic mass is 10.4. The molecule has 0 aromatic rings. The molecule has 0 aliphatic rings. The van der Waals surface area contributed by atoms with Crippen LogP contribution in [-0.2, 0) is 0 Å². The van der Waals surface area contributed by atoms with Crippen LogP contribution in [0.5, 0.6) is 0 Å². The van der Waals surface area contributed by atoms with E-state index in [0.717, 1.165) is 19.6 Å². The van der Waals surface area contributed by atoms with Crippen LogP contribution in [0.4, 0.5) is 0 Å². The van der Waals surface area contributed by atoms with Crippen molar-refractivity contribution < 1.29 is 5.11 Å². The summed E-state index contributed by atoms with van der Waals surface area (Å²) < 4.78 is 0. The maximum Gasteiger partial charge on any atom is 0.0635 e. The zero-order valence-electron chi connectivity index (χ0n) is 8.53. The molecule has 0 aliphatic carbocycles. The summed E-state index contributed by atoms with van der Waals surface area (Å²) in [5, 5.41) is 21.4. The Morgan fingerprint density at radius 1 is 1.15 bits per heavy atom. The predicted molar refractivity (Wildman–Crippen MR) is 51.8 cm³/mol. The molecule has 4 nitrogen and oxygen atoms in total. The van der Waals surface area contributed by atoms with Crippen LogP contribution in [-0.4, -0.2) is 47.9 Å². The molecule has 4 heteroatoms. The topological polar surface area (TPSA) is 50.5 Å². The molecule has 0 rings (SSSR count). The van der Waals surface area contributed by atoms with Gasteiger partial charge in [0.25, 0.3) is 0 Å². The number of aliphatic hydroxyl groups is 1. The molecule has 0 amide bonds. The summed E-state index contributed by atoms with van der Waals surface area (Å²) in [5.74, 6) is 0. The fourth-order valence-corrected chi connectivity index (χ4v) is 1.29. The average molecular weight is 185 g/mol. The Morgan fingerprint density at radius 2 is 1.69 bits per heavy atom. The van der Waals surface area contributed by atoms with E-state index in [4.69, 9.17) is 10.4 Å². The van der Waals surface area contributed by atoms with E-state index in [9.17, 15) is 0 Å². The summed E-state index contributed by atoms with van der Waals surface area (Å²) >= 11 is 0. The van der Waals surface area contributed by atoms with Crippen LogP contribution < -0.4 is 0 Å². The van der Waals surface area contributed by atoms with Crippen molar-refractivity contribution in [2.75, 3.05) is 32.8 Å². The number of hydrogen-bond donors (Lipinski definition) is 1. The van der Waals surface area contributed by atoms with Crippen molar-refractivity contribution in [3.8, 4) is 6.07 Å². The molecule has 0 unspecified atom stereocenters. The Labute approximate surface area is 80.3 Å². The third-order valence-electron chi connectivity index (χ3n) is 1.97. The van der Waals surface area contributed by atoms with E-state index in [1.807, 2.05) is 6.92 Å². The monoisotopic (exact) mass is 185 g/mol. The number of rotatable bonds is 7. The summed E-state index contributed by atoms with van der Waals surface area (Å²) in [6.07, 6.45) is 0.537. The molecule has 0 aromatic carbocycles. The van der Waals surface area contributed by atoms with Crippen molar-refractivity contribution in [1.29, 1.82) is 5.26 Å².